The number of ether oxygens (including phenoxy) is 2. The lowest BCUT2D eigenvalue weighted by atomic mass is 10.1. The molecule has 1 atom stereocenters. The van der Waals surface area contributed by atoms with Crippen LogP contribution in [0.5, 0.6) is 0 Å². The van der Waals surface area contributed by atoms with Crippen LogP contribution in [0.4, 0.5) is 0 Å². The Morgan fingerprint density at radius 1 is 0.793 bits per heavy atom. The fourth-order valence-electron chi connectivity index (χ4n) is 3.21. The monoisotopic (exact) mass is 412 g/mol. The molecule has 0 spiro atoms. The molecule has 0 aromatic heterocycles. The molecule has 0 aliphatic rings. The van der Waals surface area contributed by atoms with Crippen molar-refractivity contribution < 1.29 is 19.4 Å². The average molecular weight is 413 g/mol. The van der Waals surface area contributed by atoms with Gasteiger partial charge >= 0.3 is 5.97 Å². The summed E-state index contributed by atoms with van der Waals surface area (Å²) < 4.78 is 10.9. The molecule has 0 fully saturated rings. The molecule has 0 rings (SSSR count). The summed E-state index contributed by atoms with van der Waals surface area (Å²) in [4.78, 5) is 11.8. The van der Waals surface area contributed by atoms with Crippen molar-refractivity contribution in [1.82, 2.24) is 0 Å². The van der Waals surface area contributed by atoms with Gasteiger partial charge < -0.3 is 14.6 Å². The number of carbonyl (C=O) groups excluding carboxylic acids is 1. The topological polar surface area (TPSA) is 55.8 Å². The maximum Gasteiger partial charge on any atom is 0.306 e. The summed E-state index contributed by atoms with van der Waals surface area (Å²) in [6, 6.07) is 0. The second-order valence-corrected chi connectivity index (χ2v) is 8.06. The van der Waals surface area contributed by atoms with E-state index in [0.717, 1.165) is 19.3 Å². The highest BCUT2D eigenvalue weighted by Crippen LogP contribution is 2.10. The molecule has 0 heterocycles. The van der Waals surface area contributed by atoms with E-state index in [9.17, 15) is 9.90 Å². The van der Waals surface area contributed by atoms with Gasteiger partial charge in [0.1, 0.15) is 6.10 Å². The third-order valence-corrected chi connectivity index (χ3v) is 5.07. The highest BCUT2D eigenvalue weighted by atomic mass is 16.6. The Balaban J connectivity index is 3.46. The van der Waals surface area contributed by atoms with Gasteiger partial charge in [-0.05, 0) is 32.1 Å². The van der Waals surface area contributed by atoms with Gasteiger partial charge in [0.2, 0.25) is 0 Å². The molecule has 0 amide bonds. The van der Waals surface area contributed by atoms with Gasteiger partial charge in [0.05, 0.1) is 13.2 Å². The Kier molecular flexibility index (Phi) is 22.7. The van der Waals surface area contributed by atoms with Crippen LogP contribution >= 0.6 is 0 Å². The molecule has 0 bridgehead atoms. The van der Waals surface area contributed by atoms with Crippen molar-refractivity contribution in [3.63, 3.8) is 0 Å². The highest BCUT2D eigenvalue weighted by molar-refractivity contribution is 5.69. The van der Waals surface area contributed by atoms with Crippen LogP contribution in [0.2, 0.25) is 0 Å². The van der Waals surface area contributed by atoms with Gasteiger partial charge in [-0.25, -0.2) is 0 Å². The third-order valence-electron chi connectivity index (χ3n) is 5.07. The molecule has 29 heavy (non-hydrogen) atoms. The first-order valence-electron chi connectivity index (χ1n) is 12.3. The fraction of sp³-hybridized carbons (Fsp3) is 0.880. The molecule has 1 unspecified atom stereocenters. The first-order valence-corrected chi connectivity index (χ1v) is 12.3. The van der Waals surface area contributed by atoms with Gasteiger partial charge in [-0.15, -0.1) is 0 Å². The molecule has 0 radical (unpaired) electrons. The molecule has 1 N–H and O–H groups in total. The SMILES string of the molecule is CCC/C=C\CCCCCCCCOCC(CO)OC(=O)CCCCCCCC. The zero-order chi connectivity index (χ0) is 21.4. The predicted octanol–water partition coefficient (Wildman–Crippen LogP) is 6.74. The van der Waals surface area contributed by atoms with E-state index >= 15 is 0 Å². The smallest absolute Gasteiger partial charge is 0.306 e. The van der Waals surface area contributed by atoms with Crippen LogP contribution in [0.1, 0.15) is 117 Å². The summed E-state index contributed by atoms with van der Waals surface area (Å²) in [5.41, 5.74) is 0. The molecule has 0 saturated heterocycles. The first-order chi connectivity index (χ1) is 14.2. The minimum Gasteiger partial charge on any atom is -0.457 e. The number of hydrogen-bond donors (Lipinski definition) is 1. The molecule has 172 valence electrons. The molecule has 0 saturated carbocycles. The van der Waals surface area contributed by atoms with Crippen molar-refractivity contribution >= 4 is 5.97 Å². The second-order valence-electron chi connectivity index (χ2n) is 8.06. The second kappa shape index (κ2) is 23.4. The van der Waals surface area contributed by atoms with Crippen LogP contribution in [0.3, 0.4) is 0 Å². The summed E-state index contributed by atoms with van der Waals surface area (Å²) in [6.07, 6.45) is 22.4. The standard InChI is InChI=1S/C25H48O4/c1-3-5-7-9-11-12-13-14-15-17-19-21-28-23-24(22-26)29-25(27)20-18-16-10-8-6-4-2/h7,9,24,26H,3-6,8,10-23H2,1-2H3/b9-7-. The summed E-state index contributed by atoms with van der Waals surface area (Å²) in [5, 5.41) is 9.37. The molecule has 0 aliphatic carbocycles. The van der Waals surface area contributed by atoms with E-state index in [2.05, 4.69) is 26.0 Å². The van der Waals surface area contributed by atoms with Crippen LogP contribution in [0.15, 0.2) is 12.2 Å². The number of aliphatic hydroxyl groups excluding tert-OH is 1. The summed E-state index contributed by atoms with van der Waals surface area (Å²) in [7, 11) is 0. The van der Waals surface area contributed by atoms with Crippen LogP contribution < -0.4 is 0 Å². The number of rotatable bonds is 22. The van der Waals surface area contributed by atoms with E-state index in [1.807, 2.05) is 0 Å². The Morgan fingerprint density at radius 3 is 2.10 bits per heavy atom. The average Bonchev–Trinajstić information content (AvgIpc) is 2.73. The number of aliphatic hydroxyl groups is 1. The number of esters is 1. The Morgan fingerprint density at radius 2 is 1.41 bits per heavy atom. The minimum absolute atomic E-state index is 0.172. The van der Waals surface area contributed by atoms with Gasteiger partial charge in [-0.2, -0.15) is 0 Å². The van der Waals surface area contributed by atoms with E-state index in [1.165, 1.54) is 77.0 Å². The number of allylic oxidation sites excluding steroid dienone is 2. The van der Waals surface area contributed by atoms with Gasteiger partial charge in [-0.1, -0.05) is 90.2 Å². The van der Waals surface area contributed by atoms with E-state index in [4.69, 9.17) is 9.47 Å². The molecule has 0 aliphatic heterocycles. The summed E-state index contributed by atoms with van der Waals surface area (Å²) in [6.45, 7) is 5.20. The lowest BCUT2D eigenvalue weighted by molar-refractivity contribution is -0.154. The Bertz CT molecular complexity index is 368. The quantitative estimate of drug-likeness (QED) is 0.121. The molecular weight excluding hydrogens is 364 g/mol. The number of hydrogen-bond acceptors (Lipinski definition) is 4. The Hall–Kier alpha value is -0.870. The van der Waals surface area contributed by atoms with Crippen LogP contribution in [-0.2, 0) is 14.3 Å². The molecule has 4 nitrogen and oxygen atoms in total. The summed E-state index contributed by atoms with van der Waals surface area (Å²) in [5.74, 6) is -0.215. The maximum atomic E-state index is 11.8. The number of unbranched alkanes of at least 4 members (excludes halogenated alkanes) is 12. The molecule has 0 aromatic carbocycles. The molecular formula is C25H48O4. The van der Waals surface area contributed by atoms with Crippen molar-refractivity contribution in [2.24, 2.45) is 0 Å². The van der Waals surface area contributed by atoms with E-state index in [0.29, 0.717) is 19.6 Å². The van der Waals surface area contributed by atoms with Crippen molar-refractivity contribution in [3.8, 4) is 0 Å². The van der Waals surface area contributed by atoms with Crippen LogP contribution in [-0.4, -0.2) is 37.0 Å². The lowest BCUT2D eigenvalue weighted by Gasteiger charge is -2.15. The maximum absolute atomic E-state index is 11.8. The predicted molar refractivity (Wildman–Crippen MR) is 122 cm³/mol. The zero-order valence-corrected chi connectivity index (χ0v) is 19.3. The Labute approximate surface area is 180 Å². The van der Waals surface area contributed by atoms with Gasteiger partial charge in [0.25, 0.3) is 0 Å². The van der Waals surface area contributed by atoms with Gasteiger partial charge in [0, 0.05) is 13.0 Å². The van der Waals surface area contributed by atoms with E-state index in [-0.39, 0.29) is 12.6 Å². The van der Waals surface area contributed by atoms with Gasteiger partial charge in [0.15, 0.2) is 0 Å². The fourth-order valence-corrected chi connectivity index (χ4v) is 3.21. The minimum atomic E-state index is -0.525. The molecule has 4 heteroatoms. The van der Waals surface area contributed by atoms with Crippen molar-refractivity contribution in [2.75, 3.05) is 19.8 Å². The normalized spacial score (nSPS) is 12.5. The largest absolute Gasteiger partial charge is 0.457 e. The van der Waals surface area contributed by atoms with Gasteiger partial charge in [-0.3, -0.25) is 4.79 Å². The summed E-state index contributed by atoms with van der Waals surface area (Å²) >= 11 is 0. The van der Waals surface area contributed by atoms with E-state index in [1.54, 1.807) is 0 Å². The molecule has 0 aromatic rings. The van der Waals surface area contributed by atoms with Crippen molar-refractivity contribution in [1.29, 1.82) is 0 Å². The van der Waals surface area contributed by atoms with Crippen molar-refractivity contribution in [3.05, 3.63) is 12.2 Å². The lowest BCUT2D eigenvalue weighted by Crippen LogP contribution is -2.27. The van der Waals surface area contributed by atoms with Crippen LogP contribution in [0.25, 0.3) is 0 Å². The first kappa shape index (κ1) is 28.1. The van der Waals surface area contributed by atoms with E-state index < -0.39 is 6.10 Å². The van der Waals surface area contributed by atoms with Crippen molar-refractivity contribution in [2.45, 2.75) is 123 Å². The van der Waals surface area contributed by atoms with Crippen LogP contribution in [0, 0.1) is 0 Å². The highest BCUT2D eigenvalue weighted by Gasteiger charge is 2.13. The number of carbonyl (C=O) groups is 1. The third kappa shape index (κ3) is 21.7. The zero-order valence-electron chi connectivity index (χ0n) is 19.3.